The molecular formula is C32H26K2N4O12S2. The summed E-state index contributed by atoms with van der Waals surface area (Å²) in [5, 5.41) is 42.1. The van der Waals surface area contributed by atoms with E-state index in [1.54, 1.807) is 36.4 Å². The minimum Gasteiger partial charge on any atom is -0.545 e. The van der Waals surface area contributed by atoms with Gasteiger partial charge >= 0.3 is 123 Å². The summed E-state index contributed by atoms with van der Waals surface area (Å²) >= 11 is 0. The normalized spacial score (nSPS) is 15.2. The number of anilines is 2. The fourth-order valence-electron chi connectivity index (χ4n) is 5.19. The number of aromatic hydroxyl groups is 2. The smallest absolute Gasteiger partial charge is 0.545 e. The minimum atomic E-state index is -4.00. The van der Waals surface area contributed by atoms with Gasteiger partial charge in [-0.25, -0.2) is 18.1 Å². The first-order chi connectivity index (χ1) is 23.5. The number of carbonyl (C=O) groups excluding carboxylic acids is 4. The van der Waals surface area contributed by atoms with Crippen molar-refractivity contribution in [3.63, 3.8) is 0 Å². The number of amides is 2. The molecule has 6 rings (SSSR count). The fourth-order valence-corrected chi connectivity index (χ4v) is 7.52. The predicted molar refractivity (Wildman–Crippen MR) is 172 cm³/mol. The van der Waals surface area contributed by atoms with Crippen LogP contribution in [0.1, 0.15) is 43.0 Å². The average molecular weight is 801 g/mol. The molecule has 260 valence electrons. The number of nitrogens with one attached hydrogen (secondary N) is 2. The van der Waals surface area contributed by atoms with Gasteiger partial charge < -0.3 is 30.0 Å². The van der Waals surface area contributed by atoms with E-state index >= 15 is 0 Å². The van der Waals surface area contributed by atoms with Gasteiger partial charge in [-0.3, -0.25) is 9.59 Å². The second kappa shape index (κ2) is 18.0. The van der Waals surface area contributed by atoms with Gasteiger partial charge in [-0.2, -0.15) is 16.8 Å². The third kappa shape index (κ3) is 10.6. The van der Waals surface area contributed by atoms with E-state index in [4.69, 9.17) is 0 Å². The summed E-state index contributed by atoms with van der Waals surface area (Å²) in [7, 11) is -7.99. The summed E-state index contributed by atoms with van der Waals surface area (Å²) in [6.07, 6.45) is 0.664. The van der Waals surface area contributed by atoms with Crippen molar-refractivity contribution in [2.75, 3.05) is 21.7 Å². The minimum absolute atomic E-state index is 0. The number of hydrogen-bond acceptors (Lipinski definition) is 12. The Labute approximate surface area is 383 Å². The van der Waals surface area contributed by atoms with Crippen LogP contribution in [0.5, 0.6) is 11.5 Å². The van der Waals surface area contributed by atoms with Crippen LogP contribution in [-0.2, 0) is 42.8 Å². The number of carboxylic acids is 2. The van der Waals surface area contributed by atoms with Crippen molar-refractivity contribution in [1.82, 2.24) is 9.44 Å². The van der Waals surface area contributed by atoms with Crippen LogP contribution in [0.2, 0.25) is 0 Å². The summed E-state index contributed by atoms with van der Waals surface area (Å²) in [5.74, 6) is -4.51. The number of nitrogens with zero attached hydrogens (tertiary/aromatic N) is 2. The van der Waals surface area contributed by atoms with Crippen LogP contribution in [-0.4, -0.2) is 63.9 Å². The number of phenolic OH excluding ortho intramolecular Hbond substituents is 2. The number of benzene rings is 4. The summed E-state index contributed by atoms with van der Waals surface area (Å²) in [6, 6.07) is 21.1. The van der Waals surface area contributed by atoms with Crippen molar-refractivity contribution in [3.8, 4) is 11.5 Å². The number of carboxylic acid groups (broad SMARTS) is 2. The predicted octanol–water partition coefficient (Wildman–Crippen LogP) is -6.94. The molecule has 4 N–H and O–H groups in total. The molecule has 2 aliphatic heterocycles. The molecule has 2 saturated heterocycles. The molecule has 0 saturated carbocycles. The number of rotatable bonds is 8. The van der Waals surface area contributed by atoms with Gasteiger partial charge in [0.1, 0.15) is 24.6 Å². The van der Waals surface area contributed by atoms with Crippen LogP contribution < -0.4 is 131 Å². The molecule has 0 unspecified atom stereocenters. The zero-order valence-corrected chi connectivity index (χ0v) is 35.5. The molecule has 52 heavy (non-hydrogen) atoms. The molecule has 2 heterocycles. The third-order valence-corrected chi connectivity index (χ3v) is 10.2. The van der Waals surface area contributed by atoms with Crippen molar-refractivity contribution in [1.29, 1.82) is 0 Å². The Kier molecular flexibility index (Phi) is 15.0. The van der Waals surface area contributed by atoms with E-state index < -0.39 is 57.3 Å². The van der Waals surface area contributed by atoms with E-state index in [1.807, 2.05) is 9.44 Å². The second-order valence-electron chi connectivity index (χ2n) is 11.0. The van der Waals surface area contributed by atoms with Crippen LogP contribution in [0.3, 0.4) is 0 Å². The maximum atomic E-state index is 11.8. The van der Waals surface area contributed by atoms with E-state index in [0.717, 1.165) is 8.61 Å². The first kappa shape index (κ1) is 43.5. The molecule has 0 atom stereocenters. The van der Waals surface area contributed by atoms with E-state index in [0.29, 0.717) is 35.1 Å². The Morgan fingerprint density at radius 1 is 0.596 bits per heavy atom. The Bertz CT molecular complexity index is 2110. The van der Waals surface area contributed by atoms with Crippen LogP contribution in [0.4, 0.5) is 11.4 Å². The van der Waals surface area contributed by atoms with Crippen molar-refractivity contribution < 1.29 is 159 Å². The van der Waals surface area contributed by atoms with Crippen LogP contribution in [0.15, 0.2) is 84.9 Å². The molecular weight excluding hydrogens is 775 g/mol. The van der Waals surface area contributed by atoms with Crippen molar-refractivity contribution in [3.05, 3.63) is 118 Å². The molecule has 4 aromatic rings. The maximum Gasteiger partial charge on any atom is 1.00 e. The number of phenols is 2. The Balaban J connectivity index is 0.000000270. The first-order valence-electron chi connectivity index (χ1n) is 14.4. The molecule has 0 radical (unpaired) electrons. The van der Waals surface area contributed by atoms with Gasteiger partial charge in [0.25, 0.3) is 11.8 Å². The third-order valence-electron chi connectivity index (χ3n) is 7.40. The standard InChI is InChI=1S/2C16H14N2O6S.2K/c2*19-14-8-11(6-10-2-1-3-12(7-10)16(21)22)4-5-13(14)18-9-15(20)17-25(18,23)24;;/h2*1-5,7-8,19H,6,9H2,(H,17,20)(H,21,22);;/q;;2*+1/p-2. The number of carbonyl (C=O) groups is 4. The van der Waals surface area contributed by atoms with Crippen molar-refractivity contribution in [2.45, 2.75) is 12.8 Å². The van der Waals surface area contributed by atoms with Gasteiger partial charge in [0.15, 0.2) is 0 Å². The SMILES string of the molecule is O=C1CN(c2ccc(Cc3cccc(C(=O)[O-])c3)cc2O)S(=O)(=O)N1.O=C1CN(c2ccc(Cc3cccc(C(=O)[O-])c3)cc2O)S(=O)(=O)N1.[K+].[K+]. The van der Waals surface area contributed by atoms with E-state index in [-0.39, 0.29) is 137 Å². The van der Waals surface area contributed by atoms with E-state index in [1.165, 1.54) is 48.5 Å². The first-order valence-corrected chi connectivity index (χ1v) is 17.3. The summed E-state index contributed by atoms with van der Waals surface area (Å²) < 4.78 is 52.5. The second-order valence-corrected chi connectivity index (χ2v) is 14.2. The molecule has 2 fully saturated rings. The maximum absolute atomic E-state index is 11.8. The molecule has 20 heteroatoms. The molecule has 4 aromatic carbocycles. The molecule has 16 nitrogen and oxygen atoms in total. The van der Waals surface area contributed by atoms with Gasteiger partial charge in [0.2, 0.25) is 0 Å². The molecule has 0 bridgehead atoms. The Morgan fingerprint density at radius 3 is 1.23 bits per heavy atom. The van der Waals surface area contributed by atoms with Crippen molar-refractivity contribution >= 4 is 55.5 Å². The van der Waals surface area contributed by atoms with Crippen LogP contribution >= 0.6 is 0 Å². The average Bonchev–Trinajstić information content (AvgIpc) is 3.47. The van der Waals surface area contributed by atoms with Gasteiger partial charge in [-0.1, -0.05) is 48.5 Å². The largest absolute Gasteiger partial charge is 1.00 e. The van der Waals surface area contributed by atoms with Gasteiger partial charge in [-0.05, 0) is 82.6 Å². The molecule has 0 aliphatic carbocycles. The quantitative estimate of drug-likeness (QED) is 0.121. The van der Waals surface area contributed by atoms with Gasteiger partial charge in [0.05, 0.1) is 23.3 Å². The topological polar surface area (TPSA) is 254 Å². The van der Waals surface area contributed by atoms with Gasteiger partial charge in [0, 0.05) is 0 Å². The van der Waals surface area contributed by atoms with E-state index in [2.05, 4.69) is 0 Å². The Morgan fingerprint density at radius 2 is 0.942 bits per heavy atom. The zero-order chi connectivity index (χ0) is 36.4. The van der Waals surface area contributed by atoms with E-state index in [9.17, 15) is 56.4 Å². The molecule has 0 aromatic heterocycles. The summed E-state index contributed by atoms with van der Waals surface area (Å²) in [6.45, 7) is -0.800. The fraction of sp³-hybridized carbons (Fsp3) is 0.125. The van der Waals surface area contributed by atoms with Gasteiger partial charge in [-0.15, -0.1) is 0 Å². The molecule has 2 amide bonds. The zero-order valence-electron chi connectivity index (χ0n) is 27.6. The van der Waals surface area contributed by atoms with Crippen LogP contribution in [0, 0.1) is 0 Å². The molecule has 0 spiro atoms. The number of hydrogen-bond donors (Lipinski definition) is 4. The Hall–Kier alpha value is -2.87. The van der Waals surface area contributed by atoms with Crippen molar-refractivity contribution in [2.24, 2.45) is 0 Å². The summed E-state index contributed by atoms with van der Waals surface area (Å²) in [5.41, 5.74) is 2.76. The number of aromatic carboxylic acids is 2. The monoisotopic (exact) mass is 800 g/mol. The molecule has 2 aliphatic rings. The van der Waals surface area contributed by atoms with Crippen LogP contribution in [0.25, 0.3) is 0 Å². The summed E-state index contributed by atoms with van der Waals surface area (Å²) in [4.78, 5) is 44.3.